The zero-order valence-electron chi connectivity index (χ0n) is 11.0. The summed E-state index contributed by atoms with van der Waals surface area (Å²) in [7, 11) is 0. The van der Waals surface area contributed by atoms with Crippen molar-refractivity contribution >= 4 is 23.3 Å². The summed E-state index contributed by atoms with van der Waals surface area (Å²) in [5.74, 6) is 0.325. The molecular weight excluding hydrogens is 262 g/mol. The minimum Gasteiger partial charge on any atom is -0.305 e. The Balaban J connectivity index is 2.11. The van der Waals surface area contributed by atoms with Gasteiger partial charge in [0.15, 0.2) is 5.82 Å². The van der Waals surface area contributed by atoms with Crippen LogP contribution in [0, 0.1) is 6.92 Å². The number of aryl methyl sites for hydroxylation is 2. The Morgan fingerprint density at radius 2 is 2.16 bits per heavy atom. The van der Waals surface area contributed by atoms with Crippen LogP contribution in [-0.2, 0) is 6.42 Å². The standard InChI is InChI=1S/C14H16ClN3O/c1-3-4-12-8-13(18-17-12)16-14(19)10-5-9(2)6-11(15)7-10/h5-8H,3-4H2,1-2H3,(H2,16,17,18,19). The molecule has 0 aliphatic rings. The number of nitrogens with zero attached hydrogens (tertiary/aromatic N) is 1. The van der Waals surface area contributed by atoms with Crippen molar-refractivity contribution in [2.24, 2.45) is 0 Å². The van der Waals surface area contributed by atoms with Gasteiger partial charge in [0.25, 0.3) is 5.91 Å². The summed E-state index contributed by atoms with van der Waals surface area (Å²) in [5.41, 5.74) is 2.50. The second kappa shape index (κ2) is 5.89. The van der Waals surface area contributed by atoms with Crippen LogP contribution in [0.15, 0.2) is 24.3 Å². The van der Waals surface area contributed by atoms with E-state index in [1.807, 2.05) is 19.1 Å². The highest BCUT2D eigenvalue weighted by Gasteiger charge is 2.09. The Labute approximate surface area is 117 Å². The van der Waals surface area contributed by atoms with Crippen molar-refractivity contribution in [3.05, 3.63) is 46.1 Å². The minimum atomic E-state index is -0.208. The lowest BCUT2D eigenvalue weighted by Gasteiger charge is -2.03. The van der Waals surface area contributed by atoms with Crippen LogP contribution in [-0.4, -0.2) is 16.1 Å². The predicted octanol–water partition coefficient (Wildman–Crippen LogP) is 3.58. The largest absolute Gasteiger partial charge is 0.305 e. The summed E-state index contributed by atoms with van der Waals surface area (Å²) < 4.78 is 0. The lowest BCUT2D eigenvalue weighted by Crippen LogP contribution is -2.12. The monoisotopic (exact) mass is 277 g/mol. The zero-order valence-corrected chi connectivity index (χ0v) is 11.7. The van der Waals surface area contributed by atoms with Crippen molar-refractivity contribution < 1.29 is 4.79 Å². The van der Waals surface area contributed by atoms with Crippen molar-refractivity contribution in [1.29, 1.82) is 0 Å². The molecule has 1 aromatic heterocycles. The summed E-state index contributed by atoms with van der Waals surface area (Å²) in [6.45, 7) is 3.99. The molecule has 0 atom stereocenters. The molecule has 0 bridgehead atoms. The molecule has 5 heteroatoms. The SMILES string of the molecule is CCCc1cc(NC(=O)c2cc(C)cc(Cl)c2)n[nH]1. The van der Waals surface area contributed by atoms with Gasteiger partial charge < -0.3 is 5.32 Å². The molecule has 2 rings (SSSR count). The number of nitrogens with one attached hydrogen (secondary N) is 2. The Hall–Kier alpha value is -1.81. The van der Waals surface area contributed by atoms with Gasteiger partial charge in [-0.2, -0.15) is 5.10 Å². The van der Waals surface area contributed by atoms with E-state index in [-0.39, 0.29) is 5.91 Å². The van der Waals surface area contributed by atoms with E-state index in [2.05, 4.69) is 22.4 Å². The first-order valence-corrected chi connectivity index (χ1v) is 6.59. The highest BCUT2D eigenvalue weighted by molar-refractivity contribution is 6.31. The average molecular weight is 278 g/mol. The Bertz CT molecular complexity index is 572. The van der Waals surface area contributed by atoms with Crippen LogP contribution >= 0.6 is 11.6 Å². The van der Waals surface area contributed by atoms with Gasteiger partial charge in [0.2, 0.25) is 0 Å². The van der Waals surface area contributed by atoms with Gasteiger partial charge in [0.1, 0.15) is 0 Å². The maximum Gasteiger partial charge on any atom is 0.256 e. The summed E-state index contributed by atoms with van der Waals surface area (Å²) in [4.78, 5) is 12.1. The third kappa shape index (κ3) is 3.58. The number of H-pyrrole nitrogens is 1. The number of carbonyl (C=O) groups is 1. The van der Waals surface area contributed by atoms with Crippen LogP contribution in [0.25, 0.3) is 0 Å². The van der Waals surface area contributed by atoms with E-state index in [0.29, 0.717) is 16.4 Å². The number of amides is 1. The number of hydrogen-bond donors (Lipinski definition) is 2. The number of hydrogen-bond acceptors (Lipinski definition) is 2. The van der Waals surface area contributed by atoms with Crippen molar-refractivity contribution in [2.45, 2.75) is 26.7 Å². The Morgan fingerprint density at radius 1 is 1.37 bits per heavy atom. The maximum absolute atomic E-state index is 12.1. The van der Waals surface area contributed by atoms with Gasteiger partial charge in [0.05, 0.1) is 0 Å². The summed E-state index contributed by atoms with van der Waals surface area (Å²) in [6.07, 6.45) is 1.95. The molecule has 0 radical (unpaired) electrons. The van der Waals surface area contributed by atoms with Gasteiger partial charge in [-0.15, -0.1) is 0 Å². The van der Waals surface area contributed by atoms with Crippen molar-refractivity contribution in [3.8, 4) is 0 Å². The fourth-order valence-electron chi connectivity index (χ4n) is 1.88. The third-order valence-electron chi connectivity index (χ3n) is 2.70. The molecule has 1 amide bonds. The van der Waals surface area contributed by atoms with E-state index in [9.17, 15) is 4.79 Å². The summed E-state index contributed by atoms with van der Waals surface area (Å²) in [6, 6.07) is 7.09. The Morgan fingerprint density at radius 3 is 2.84 bits per heavy atom. The van der Waals surface area contributed by atoms with E-state index in [1.165, 1.54) is 0 Å². The van der Waals surface area contributed by atoms with Crippen LogP contribution in [0.2, 0.25) is 5.02 Å². The predicted molar refractivity (Wildman–Crippen MR) is 76.7 cm³/mol. The third-order valence-corrected chi connectivity index (χ3v) is 2.91. The average Bonchev–Trinajstić information content (AvgIpc) is 2.76. The molecule has 0 fully saturated rings. The van der Waals surface area contributed by atoms with Crippen LogP contribution in [0.5, 0.6) is 0 Å². The molecule has 0 saturated carbocycles. The zero-order chi connectivity index (χ0) is 13.8. The molecule has 100 valence electrons. The number of halogens is 1. The number of carbonyl (C=O) groups excluding carboxylic acids is 1. The van der Waals surface area contributed by atoms with E-state index in [1.54, 1.807) is 12.1 Å². The molecular formula is C14H16ClN3O. The molecule has 2 aromatic rings. The first kappa shape index (κ1) is 13.6. The molecule has 0 unspecified atom stereocenters. The second-order valence-electron chi connectivity index (χ2n) is 4.50. The second-order valence-corrected chi connectivity index (χ2v) is 4.94. The fourth-order valence-corrected chi connectivity index (χ4v) is 2.17. The van der Waals surface area contributed by atoms with Crippen LogP contribution < -0.4 is 5.32 Å². The number of rotatable bonds is 4. The fraction of sp³-hybridized carbons (Fsp3) is 0.286. The molecule has 0 spiro atoms. The minimum absolute atomic E-state index is 0.208. The van der Waals surface area contributed by atoms with Gasteiger partial charge >= 0.3 is 0 Å². The summed E-state index contributed by atoms with van der Waals surface area (Å²) in [5, 5.41) is 10.3. The molecule has 0 saturated heterocycles. The molecule has 19 heavy (non-hydrogen) atoms. The highest BCUT2D eigenvalue weighted by Crippen LogP contribution is 2.16. The molecule has 0 aliphatic heterocycles. The van der Waals surface area contributed by atoms with E-state index < -0.39 is 0 Å². The first-order chi connectivity index (χ1) is 9.08. The molecule has 1 aromatic carbocycles. The van der Waals surface area contributed by atoms with Gasteiger partial charge in [-0.3, -0.25) is 9.89 Å². The summed E-state index contributed by atoms with van der Waals surface area (Å²) >= 11 is 5.94. The number of aromatic nitrogens is 2. The number of aromatic amines is 1. The van der Waals surface area contributed by atoms with Gasteiger partial charge in [0, 0.05) is 22.3 Å². The lowest BCUT2D eigenvalue weighted by molar-refractivity contribution is 0.102. The van der Waals surface area contributed by atoms with Crippen LogP contribution in [0.1, 0.15) is 35.0 Å². The topological polar surface area (TPSA) is 57.8 Å². The van der Waals surface area contributed by atoms with E-state index in [0.717, 1.165) is 24.1 Å². The van der Waals surface area contributed by atoms with E-state index >= 15 is 0 Å². The normalized spacial score (nSPS) is 10.5. The number of anilines is 1. The van der Waals surface area contributed by atoms with Crippen LogP contribution in [0.4, 0.5) is 5.82 Å². The molecule has 2 N–H and O–H groups in total. The van der Waals surface area contributed by atoms with Crippen molar-refractivity contribution in [1.82, 2.24) is 10.2 Å². The highest BCUT2D eigenvalue weighted by atomic mass is 35.5. The molecule has 4 nitrogen and oxygen atoms in total. The lowest BCUT2D eigenvalue weighted by atomic mass is 10.1. The molecule has 1 heterocycles. The van der Waals surface area contributed by atoms with Crippen molar-refractivity contribution in [2.75, 3.05) is 5.32 Å². The first-order valence-electron chi connectivity index (χ1n) is 6.21. The smallest absolute Gasteiger partial charge is 0.256 e. The quantitative estimate of drug-likeness (QED) is 0.897. The number of benzene rings is 1. The van der Waals surface area contributed by atoms with Crippen molar-refractivity contribution in [3.63, 3.8) is 0 Å². The van der Waals surface area contributed by atoms with Gasteiger partial charge in [-0.05, 0) is 37.1 Å². The van der Waals surface area contributed by atoms with Gasteiger partial charge in [-0.25, -0.2) is 0 Å². The van der Waals surface area contributed by atoms with Gasteiger partial charge in [-0.1, -0.05) is 24.9 Å². The van der Waals surface area contributed by atoms with E-state index in [4.69, 9.17) is 11.6 Å². The van der Waals surface area contributed by atoms with Crippen LogP contribution in [0.3, 0.4) is 0 Å². The maximum atomic E-state index is 12.1. The Kier molecular flexibility index (Phi) is 4.22. The molecule has 0 aliphatic carbocycles.